The van der Waals surface area contributed by atoms with E-state index >= 15 is 0 Å². The maximum atomic E-state index is 12.0. The lowest BCUT2D eigenvalue weighted by Crippen LogP contribution is -2.25. The molecule has 4 heteroatoms. The zero-order valence-electron chi connectivity index (χ0n) is 11.8. The first-order valence-corrected chi connectivity index (χ1v) is 7.84. The van der Waals surface area contributed by atoms with E-state index in [1.807, 2.05) is 13.8 Å². The third kappa shape index (κ3) is 3.80. The van der Waals surface area contributed by atoms with Gasteiger partial charge in [0.25, 0.3) is 5.91 Å². The number of rotatable bonds is 6. The normalized spacial score (nSPS) is 14.5. The van der Waals surface area contributed by atoms with Crippen molar-refractivity contribution in [3.8, 4) is 0 Å². The first kappa shape index (κ1) is 14.5. The summed E-state index contributed by atoms with van der Waals surface area (Å²) < 4.78 is 0. The van der Waals surface area contributed by atoms with Gasteiger partial charge in [-0.1, -0.05) is 13.8 Å². The van der Waals surface area contributed by atoms with Gasteiger partial charge in [0.05, 0.1) is 4.88 Å². The number of hydrogen-bond acceptors (Lipinski definition) is 3. The second-order valence-electron chi connectivity index (χ2n) is 6.09. The summed E-state index contributed by atoms with van der Waals surface area (Å²) in [5, 5.41) is 12.1. The molecule has 3 nitrogen and oxygen atoms in total. The zero-order chi connectivity index (χ0) is 13.9. The summed E-state index contributed by atoms with van der Waals surface area (Å²) in [5.74, 6) is 0.0567. The number of aliphatic hydroxyl groups is 1. The van der Waals surface area contributed by atoms with Crippen LogP contribution in [0.2, 0.25) is 0 Å². The topological polar surface area (TPSA) is 49.3 Å². The SMILES string of the molecule is CC(C)(CO)CCCNC(=O)c1cc2c(s1)CCC2. The zero-order valence-corrected chi connectivity index (χ0v) is 12.6. The molecule has 2 N–H and O–H groups in total. The van der Waals surface area contributed by atoms with E-state index in [9.17, 15) is 4.79 Å². The smallest absolute Gasteiger partial charge is 0.261 e. The summed E-state index contributed by atoms with van der Waals surface area (Å²) in [7, 11) is 0. The van der Waals surface area contributed by atoms with Crippen molar-refractivity contribution in [2.45, 2.75) is 46.0 Å². The molecule has 2 rings (SSSR count). The predicted molar refractivity (Wildman–Crippen MR) is 78.8 cm³/mol. The second kappa shape index (κ2) is 6.06. The van der Waals surface area contributed by atoms with Gasteiger partial charge in [0.1, 0.15) is 0 Å². The molecule has 0 fully saturated rings. The van der Waals surface area contributed by atoms with Gasteiger partial charge in [-0.05, 0) is 49.1 Å². The highest BCUT2D eigenvalue weighted by Crippen LogP contribution is 2.30. The van der Waals surface area contributed by atoms with Crippen molar-refractivity contribution in [1.82, 2.24) is 5.32 Å². The Bertz CT molecular complexity index is 429. The minimum Gasteiger partial charge on any atom is -0.396 e. The highest BCUT2D eigenvalue weighted by atomic mass is 32.1. The average molecular weight is 281 g/mol. The number of fused-ring (bicyclic) bond motifs is 1. The molecule has 19 heavy (non-hydrogen) atoms. The van der Waals surface area contributed by atoms with Crippen molar-refractivity contribution in [2.24, 2.45) is 5.41 Å². The van der Waals surface area contributed by atoms with Crippen molar-refractivity contribution in [2.75, 3.05) is 13.2 Å². The predicted octanol–water partition coefficient (Wildman–Crippen LogP) is 2.77. The summed E-state index contributed by atoms with van der Waals surface area (Å²) in [6.07, 6.45) is 5.33. The van der Waals surface area contributed by atoms with Gasteiger partial charge in [-0.25, -0.2) is 0 Å². The Morgan fingerprint density at radius 3 is 2.95 bits per heavy atom. The fourth-order valence-electron chi connectivity index (χ4n) is 2.38. The lowest BCUT2D eigenvalue weighted by atomic mass is 9.89. The Morgan fingerprint density at radius 2 is 2.26 bits per heavy atom. The molecule has 0 radical (unpaired) electrons. The van der Waals surface area contributed by atoms with E-state index in [4.69, 9.17) is 5.11 Å². The van der Waals surface area contributed by atoms with Gasteiger partial charge in [0, 0.05) is 18.0 Å². The summed E-state index contributed by atoms with van der Waals surface area (Å²) in [6.45, 7) is 4.96. The Morgan fingerprint density at radius 1 is 1.47 bits per heavy atom. The molecule has 0 spiro atoms. The summed E-state index contributed by atoms with van der Waals surface area (Å²) in [5.41, 5.74) is 1.33. The molecule has 1 amide bonds. The van der Waals surface area contributed by atoms with Crippen LogP contribution in [0.3, 0.4) is 0 Å². The van der Waals surface area contributed by atoms with Crippen LogP contribution in [-0.4, -0.2) is 24.2 Å². The summed E-state index contributed by atoms with van der Waals surface area (Å²) in [6, 6.07) is 2.06. The number of nitrogens with one attached hydrogen (secondary N) is 1. The first-order valence-electron chi connectivity index (χ1n) is 7.02. The Kier molecular flexibility index (Phi) is 4.63. The van der Waals surface area contributed by atoms with Crippen LogP contribution in [-0.2, 0) is 12.8 Å². The molecule has 1 aliphatic carbocycles. The minimum absolute atomic E-state index is 0.0468. The van der Waals surface area contributed by atoms with E-state index in [0.717, 1.165) is 30.6 Å². The van der Waals surface area contributed by atoms with E-state index in [2.05, 4.69) is 11.4 Å². The van der Waals surface area contributed by atoms with E-state index in [-0.39, 0.29) is 17.9 Å². The van der Waals surface area contributed by atoms with E-state index in [1.165, 1.54) is 16.9 Å². The van der Waals surface area contributed by atoms with Gasteiger partial charge < -0.3 is 10.4 Å². The molecule has 106 valence electrons. The molecule has 1 aromatic rings. The molecule has 0 saturated carbocycles. The third-order valence-electron chi connectivity index (χ3n) is 3.71. The first-order chi connectivity index (χ1) is 9.02. The fourth-order valence-corrected chi connectivity index (χ4v) is 3.55. The van der Waals surface area contributed by atoms with Crippen LogP contribution in [0.1, 0.15) is 53.2 Å². The Hall–Kier alpha value is -0.870. The van der Waals surface area contributed by atoms with Gasteiger partial charge in [0.15, 0.2) is 0 Å². The number of aliphatic hydroxyl groups excluding tert-OH is 1. The van der Waals surface area contributed by atoms with Crippen molar-refractivity contribution in [1.29, 1.82) is 0 Å². The van der Waals surface area contributed by atoms with Crippen LogP contribution in [0.5, 0.6) is 0 Å². The molecular weight excluding hydrogens is 258 g/mol. The monoisotopic (exact) mass is 281 g/mol. The molecule has 0 unspecified atom stereocenters. The van der Waals surface area contributed by atoms with Gasteiger partial charge in [-0.15, -0.1) is 11.3 Å². The number of amides is 1. The van der Waals surface area contributed by atoms with Crippen molar-refractivity contribution >= 4 is 17.2 Å². The number of carbonyl (C=O) groups is 1. The lowest BCUT2D eigenvalue weighted by Gasteiger charge is -2.21. The van der Waals surface area contributed by atoms with Crippen LogP contribution < -0.4 is 5.32 Å². The molecular formula is C15H23NO2S. The van der Waals surface area contributed by atoms with Gasteiger partial charge in [-0.3, -0.25) is 4.79 Å². The lowest BCUT2D eigenvalue weighted by molar-refractivity contribution is 0.0952. The van der Waals surface area contributed by atoms with Gasteiger partial charge in [0.2, 0.25) is 0 Å². The standard InChI is InChI=1S/C15H23NO2S/c1-15(2,10-17)7-4-8-16-14(18)13-9-11-5-3-6-12(11)19-13/h9,17H,3-8,10H2,1-2H3,(H,16,18). The third-order valence-corrected chi connectivity index (χ3v) is 4.95. The number of carbonyl (C=O) groups excluding carboxylic acids is 1. The second-order valence-corrected chi connectivity index (χ2v) is 7.23. The molecule has 1 aromatic heterocycles. The molecule has 0 bridgehead atoms. The largest absolute Gasteiger partial charge is 0.396 e. The number of thiophene rings is 1. The molecule has 0 saturated heterocycles. The van der Waals surface area contributed by atoms with Crippen LogP contribution >= 0.6 is 11.3 Å². The quantitative estimate of drug-likeness (QED) is 0.788. The molecule has 0 aliphatic heterocycles. The average Bonchev–Trinajstić information content (AvgIpc) is 2.95. The highest BCUT2D eigenvalue weighted by molar-refractivity contribution is 7.14. The summed E-state index contributed by atoms with van der Waals surface area (Å²) in [4.78, 5) is 14.2. The number of hydrogen-bond donors (Lipinski definition) is 2. The van der Waals surface area contributed by atoms with Crippen molar-refractivity contribution in [3.63, 3.8) is 0 Å². The summed E-state index contributed by atoms with van der Waals surface area (Å²) >= 11 is 1.65. The van der Waals surface area contributed by atoms with Crippen LogP contribution in [0.25, 0.3) is 0 Å². The fraction of sp³-hybridized carbons (Fsp3) is 0.667. The van der Waals surface area contributed by atoms with Gasteiger partial charge >= 0.3 is 0 Å². The Labute approximate surface area is 119 Å². The van der Waals surface area contributed by atoms with Crippen molar-refractivity contribution < 1.29 is 9.90 Å². The van der Waals surface area contributed by atoms with Gasteiger partial charge in [-0.2, -0.15) is 0 Å². The van der Waals surface area contributed by atoms with Crippen LogP contribution in [0, 0.1) is 5.41 Å². The highest BCUT2D eigenvalue weighted by Gasteiger charge is 2.19. The maximum Gasteiger partial charge on any atom is 0.261 e. The van der Waals surface area contributed by atoms with E-state index in [0.29, 0.717) is 6.54 Å². The molecule has 1 aliphatic rings. The van der Waals surface area contributed by atoms with Crippen LogP contribution in [0.15, 0.2) is 6.07 Å². The molecule has 1 heterocycles. The molecule has 0 atom stereocenters. The maximum absolute atomic E-state index is 12.0. The minimum atomic E-state index is -0.0468. The van der Waals surface area contributed by atoms with Crippen LogP contribution in [0.4, 0.5) is 0 Å². The van der Waals surface area contributed by atoms with E-state index in [1.54, 1.807) is 11.3 Å². The Balaban J connectivity index is 1.75. The number of aryl methyl sites for hydroxylation is 2. The van der Waals surface area contributed by atoms with E-state index < -0.39 is 0 Å². The van der Waals surface area contributed by atoms with Crippen molar-refractivity contribution in [3.05, 3.63) is 21.4 Å². The molecule has 0 aromatic carbocycles.